The lowest BCUT2D eigenvalue weighted by Gasteiger charge is -2.17. The fraction of sp³-hybridized carbons (Fsp3) is 0.364. The number of anilines is 1. The van der Waals surface area contributed by atoms with Crippen LogP contribution in [-0.2, 0) is 16.0 Å². The number of likely N-dealkylation sites (tertiary alicyclic amines) is 1. The summed E-state index contributed by atoms with van der Waals surface area (Å²) in [5.41, 5.74) is 1.16. The quantitative estimate of drug-likeness (QED) is 0.467. The lowest BCUT2D eigenvalue weighted by atomic mass is 10.1. The van der Waals surface area contributed by atoms with E-state index in [0.29, 0.717) is 36.7 Å². The third-order valence-electron chi connectivity index (χ3n) is 5.36. The monoisotopic (exact) mass is 443 g/mol. The topological polar surface area (TPSA) is 120 Å². The van der Waals surface area contributed by atoms with E-state index in [2.05, 4.69) is 5.32 Å². The van der Waals surface area contributed by atoms with Gasteiger partial charge >= 0.3 is 0 Å². The van der Waals surface area contributed by atoms with Gasteiger partial charge in [0.1, 0.15) is 5.75 Å². The van der Waals surface area contributed by atoms with Crippen LogP contribution in [0.1, 0.15) is 12.0 Å². The van der Waals surface area contributed by atoms with Crippen LogP contribution >= 0.6 is 0 Å². The van der Waals surface area contributed by atoms with Crippen molar-refractivity contribution in [2.24, 2.45) is 5.92 Å². The minimum absolute atomic E-state index is 0.0960. The van der Waals surface area contributed by atoms with Gasteiger partial charge in [0.05, 0.1) is 43.9 Å². The number of amides is 2. The highest BCUT2D eigenvalue weighted by atomic mass is 16.6. The summed E-state index contributed by atoms with van der Waals surface area (Å²) < 4.78 is 15.7. The molecule has 32 heavy (non-hydrogen) atoms. The van der Waals surface area contributed by atoms with Gasteiger partial charge in [-0.15, -0.1) is 0 Å². The first-order valence-corrected chi connectivity index (χ1v) is 9.98. The van der Waals surface area contributed by atoms with E-state index in [4.69, 9.17) is 14.2 Å². The molecule has 2 aromatic carbocycles. The summed E-state index contributed by atoms with van der Waals surface area (Å²) in [6.45, 7) is 0.770. The third kappa shape index (κ3) is 5.08. The normalized spacial score (nSPS) is 15.4. The van der Waals surface area contributed by atoms with Crippen molar-refractivity contribution < 1.29 is 28.7 Å². The third-order valence-corrected chi connectivity index (χ3v) is 5.36. The number of hydrogen-bond donors (Lipinski definition) is 1. The SMILES string of the molecule is COc1cc([N+](=O)[O-])ccc1NC(=O)C1CC(=O)N(CCc2ccc(OC)c(OC)c2)C1. The van der Waals surface area contributed by atoms with Gasteiger partial charge in [-0.2, -0.15) is 0 Å². The molecule has 2 aromatic rings. The zero-order chi connectivity index (χ0) is 23.3. The number of nitrogens with one attached hydrogen (secondary N) is 1. The second-order valence-corrected chi connectivity index (χ2v) is 7.31. The fourth-order valence-electron chi connectivity index (χ4n) is 3.60. The average Bonchev–Trinajstić information content (AvgIpc) is 3.18. The van der Waals surface area contributed by atoms with Gasteiger partial charge in [0.2, 0.25) is 11.8 Å². The molecule has 0 radical (unpaired) electrons. The van der Waals surface area contributed by atoms with Gasteiger partial charge in [0.25, 0.3) is 5.69 Å². The Balaban J connectivity index is 1.60. The van der Waals surface area contributed by atoms with Crippen molar-refractivity contribution in [3.05, 3.63) is 52.1 Å². The number of carbonyl (C=O) groups is 2. The summed E-state index contributed by atoms with van der Waals surface area (Å²) >= 11 is 0. The summed E-state index contributed by atoms with van der Waals surface area (Å²) in [4.78, 5) is 37.2. The van der Waals surface area contributed by atoms with Crippen molar-refractivity contribution in [1.29, 1.82) is 0 Å². The molecule has 1 unspecified atom stereocenters. The molecule has 0 saturated carbocycles. The van der Waals surface area contributed by atoms with E-state index in [1.807, 2.05) is 18.2 Å². The van der Waals surface area contributed by atoms with Crippen LogP contribution in [0.3, 0.4) is 0 Å². The molecule has 3 rings (SSSR count). The molecular formula is C22H25N3O7. The number of nitro benzene ring substituents is 1. The Hall–Kier alpha value is -3.82. The second-order valence-electron chi connectivity index (χ2n) is 7.31. The molecule has 1 saturated heterocycles. The number of methoxy groups -OCH3 is 3. The van der Waals surface area contributed by atoms with Gasteiger partial charge in [-0.25, -0.2) is 0 Å². The highest BCUT2D eigenvalue weighted by Gasteiger charge is 2.34. The van der Waals surface area contributed by atoms with Crippen LogP contribution in [0.15, 0.2) is 36.4 Å². The molecule has 10 heteroatoms. The summed E-state index contributed by atoms with van der Waals surface area (Å²) in [7, 11) is 4.50. The van der Waals surface area contributed by atoms with E-state index in [1.54, 1.807) is 19.1 Å². The molecule has 1 fully saturated rings. The number of carbonyl (C=O) groups excluding carboxylic acids is 2. The van der Waals surface area contributed by atoms with E-state index >= 15 is 0 Å². The number of hydrogen-bond acceptors (Lipinski definition) is 7. The van der Waals surface area contributed by atoms with Crippen molar-refractivity contribution in [2.75, 3.05) is 39.7 Å². The number of benzene rings is 2. The first-order valence-electron chi connectivity index (χ1n) is 9.98. The smallest absolute Gasteiger partial charge is 0.273 e. The predicted molar refractivity (Wildman–Crippen MR) is 116 cm³/mol. The van der Waals surface area contributed by atoms with Gasteiger partial charge in [-0.05, 0) is 30.2 Å². The number of nitro groups is 1. The van der Waals surface area contributed by atoms with Crippen LogP contribution in [0.5, 0.6) is 17.2 Å². The zero-order valence-corrected chi connectivity index (χ0v) is 18.1. The van der Waals surface area contributed by atoms with Gasteiger partial charge in [-0.1, -0.05) is 6.07 Å². The molecule has 0 aromatic heterocycles. The molecule has 0 aliphatic carbocycles. The highest BCUT2D eigenvalue weighted by Crippen LogP contribution is 2.31. The van der Waals surface area contributed by atoms with Crippen molar-refractivity contribution in [2.45, 2.75) is 12.8 Å². The van der Waals surface area contributed by atoms with Crippen molar-refractivity contribution in [1.82, 2.24) is 4.90 Å². The van der Waals surface area contributed by atoms with Gasteiger partial charge in [-0.3, -0.25) is 19.7 Å². The molecule has 170 valence electrons. The van der Waals surface area contributed by atoms with Crippen LogP contribution in [0.25, 0.3) is 0 Å². The molecule has 0 bridgehead atoms. The maximum absolute atomic E-state index is 12.7. The summed E-state index contributed by atoms with van der Waals surface area (Å²) in [6, 6.07) is 9.53. The summed E-state index contributed by atoms with van der Waals surface area (Å²) in [5, 5.41) is 13.6. The lowest BCUT2D eigenvalue weighted by Crippen LogP contribution is -2.30. The molecule has 2 amide bonds. The molecule has 0 spiro atoms. The Kier molecular flexibility index (Phi) is 7.14. The lowest BCUT2D eigenvalue weighted by molar-refractivity contribution is -0.384. The average molecular weight is 443 g/mol. The number of nitrogens with zero attached hydrogens (tertiary/aromatic N) is 2. The molecule has 1 atom stereocenters. The number of ether oxygens (including phenoxy) is 3. The molecule has 1 N–H and O–H groups in total. The van der Waals surface area contributed by atoms with E-state index in [0.717, 1.165) is 5.56 Å². The van der Waals surface area contributed by atoms with Crippen LogP contribution in [-0.4, -0.2) is 56.1 Å². The largest absolute Gasteiger partial charge is 0.494 e. The Morgan fingerprint density at radius 3 is 2.47 bits per heavy atom. The highest BCUT2D eigenvalue weighted by molar-refractivity contribution is 5.98. The van der Waals surface area contributed by atoms with E-state index < -0.39 is 10.8 Å². The molecular weight excluding hydrogens is 418 g/mol. The Morgan fingerprint density at radius 1 is 1.09 bits per heavy atom. The molecule has 1 heterocycles. The Morgan fingerprint density at radius 2 is 1.81 bits per heavy atom. The zero-order valence-electron chi connectivity index (χ0n) is 18.1. The molecule has 1 aliphatic heterocycles. The first kappa shape index (κ1) is 22.9. The van der Waals surface area contributed by atoms with Crippen LogP contribution in [0.2, 0.25) is 0 Å². The van der Waals surface area contributed by atoms with Crippen LogP contribution < -0.4 is 19.5 Å². The number of rotatable bonds is 9. The fourth-order valence-corrected chi connectivity index (χ4v) is 3.60. The van der Waals surface area contributed by atoms with Gasteiger partial charge in [0, 0.05) is 25.6 Å². The van der Waals surface area contributed by atoms with E-state index in [-0.39, 0.29) is 29.7 Å². The first-order chi connectivity index (χ1) is 15.4. The molecule has 1 aliphatic rings. The van der Waals surface area contributed by atoms with Crippen molar-refractivity contribution >= 4 is 23.2 Å². The van der Waals surface area contributed by atoms with Crippen LogP contribution in [0.4, 0.5) is 11.4 Å². The standard InChI is InChI=1S/C22H25N3O7/c1-30-18-7-4-14(10-20(18)32-3)8-9-24-13-15(11-21(24)26)22(27)23-17-6-5-16(25(28)29)12-19(17)31-2/h4-7,10,12,15H,8-9,11,13H2,1-3H3,(H,23,27). The Bertz CT molecular complexity index is 1020. The second kappa shape index (κ2) is 9.99. The van der Waals surface area contributed by atoms with Crippen molar-refractivity contribution in [3.8, 4) is 17.2 Å². The maximum Gasteiger partial charge on any atom is 0.273 e. The predicted octanol–water partition coefficient (Wildman–Crippen LogP) is 2.65. The minimum Gasteiger partial charge on any atom is -0.494 e. The number of non-ortho nitro benzene ring substituents is 1. The summed E-state index contributed by atoms with van der Waals surface area (Å²) in [6.07, 6.45) is 0.712. The maximum atomic E-state index is 12.7. The summed E-state index contributed by atoms with van der Waals surface area (Å²) in [5.74, 6) is 0.481. The van der Waals surface area contributed by atoms with Gasteiger partial charge in [0.15, 0.2) is 11.5 Å². The van der Waals surface area contributed by atoms with Crippen LogP contribution in [0, 0.1) is 16.0 Å². The van der Waals surface area contributed by atoms with Gasteiger partial charge < -0.3 is 24.4 Å². The van der Waals surface area contributed by atoms with E-state index in [9.17, 15) is 19.7 Å². The molecule has 10 nitrogen and oxygen atoms in total. The minimum atomic E-state index is -0.542. The Labute approximate surface area is 185 Å². The van der Waals surface area contributed by atoms with E-state index in [1.165, 1.54) is 25.3 Å². The van der Waals surface area contributed by atoms with Crippen molar-refractivity contribution in [3.63, 3.8) is 0 Å².